The fourth-order valence-corrected chi connectivity index (χ4v) is 1.68. The molecule has 0 saturated heterocycles. The van der Waals surface area contributed by atoms with E-state index in [1.54, 1.807) is 6.07 Å². The van der Waals surface area contributed by atoms with Gasteiger partial charge < -0.3 is 14.7 Å². The molecule has 0 aliphatic heterocycles. The van der Waals surface area contributed by atoms with E-state index in [1.807, 2.05) is 0 Å². The zero-order valence-electron chi connectivity index (χ0n) is 9.78. The molecular weight excluding hydrogens is 279 g/mol. The minimum atomic E-state index is -2.61. The summed E-state index contributed by atoms with van der Waals surface area (Å²) in [4.78, 5) is 0. The van der Waals surface area contributed by atoms with E-state index in [4.69, 9.17) is 10.0 Å². The maximum Gasteiger partial charge on any atom is 0.707 e. The van der Waals surface area contributed by atoms with Crippen LogP contribution in [0.4, 0.5) is 17.6 Å². The Morgan fingerprint density at radius 3 is 1.75 bits per heavy atom. The lowest BCUT2D eigenvalue weighted by molar-refractivity contribution is 0.268. The summed E-state index contributed by atoms with van der Waals surface area (Å²) < 4.78 is 58.8. The molecule has 2 aromatic rings. The molecule has 0 aliphatic rings. The number of halogens is 4. The van der Waals surface area contributed by atoms with E-state index in [1.165, 1.54) is 24.3 Å². The smallest absolute Gasteiger partial charge is 0.507 e. The van der Waals surface area contributed by atoms with Crippen LogP contribution in [0.3, 0.4) is 0 Å². The SMILES string of the molecule is OB(O)Oc1c(F)c(F)c(-c2ccccc2)c(F)c1F. The maximum atomic E-state index is 13.8. The lowest BCUT2D eigenvalue weighted by Crippen LogP contribution is -2.23. The second kappa shape index (κ2) is 5.52. The van der Waals surface area contributed by atoms with E-state index in [9.17, 15) is 17.6 Å². The van der Waals surface area contributed by atoms with Crippen LogP contribution >= 0.6 is 0 Å². The molecule has 0 aromatic heterocycles. The standard InChI is InChI=1S/C12H7BF4O3/c14-8-7(6-4-2-1-3-5-6)9(15)11(17)12(10(8)16)20-13(18)19/h1-5,18-19H. The summed E-state index contributed by atoms with van der Waals surface area (Å²) >= 11 is 0. The monoisotopic (exact) mass is 286 g/mol. The van der Waals surface area contributed by atoms with Crippen LogP contribution in [0.5, 0.6) is 5.75 Å². The van der Waals surface area contributed by atoms with Gasteiger partial charge in [0.15, 0.2) is 17.4 Å². The first-order chi connectivity index (χ1) is 9.43. The van der Waals surface area contributed by atoms with Gasteiger partial charge in [0.05, 0.1) is 5.56 Å². The second-order valence-corrected chi connectivity index (χ2v) is 3.77. The summed E-state index contributed by atoms with van der Waals surface area (Å²) in [6, 6.07) is 6.97. The molecule has 2 rings (SSSR count). The molecule has 0 atom stereocenters. The second-order valence-electron chi connectivity index (χ2n) is 3.77. The van der Waals surface area contributed by atoms with Crippen LogP contribution in [0.25, 0.3) is 11.1 Å². The number of hydrogen-bond acceptors (Lipinski definition) is 3. The van der Waals surface area contributed by atoms with E-state index in [0.29, 0.717) is 0 Å². The van der Waals surface area contributed by atoms with Crippen molar-refractivity contribution in [3.63, 3.8) is 0 Å². The van der Waals surface area contributed by atoms with Crippen LogP contribution in [0.2, 0.25) is 0 Å². The van der Waals surface area contributed by atoms with Gasteiger partial charge in [0.2, 0.25) is 11.6 Å². The molecule has 0 unspecified atom stereocenters. The average molecular weight is 286 g/mol. The van der Waals surface area contributed by atoms with E-state index in [2.05, 4.69) is 4.65 Å². The van der Waals surface area contributed by atoms with Gasteiger partial charge in [-0.05, 0) is 5.56 Å². The Bertz CT molecular complexity index is 605. The van der Waals surface area contributed by atoms with Crippen molar-refractivity contribution in [1.82, 2.24) is 0 Å². The van der Waals surface area contributed by atoms with Crippen LogP contribution in [0, 0.1) is 23.3 Å². The average Bonchev–Trinajstić information content (AvgIpc) is 2.43. The van der Waals surface area contributed by atoms with Crippen molar-refractivity contribution in [2.75, 3.05) is 0 Å². The Morgan fingerprint density at radius 1 is 0.800 bits per heavy atom. The van der Waals surface area contributed by atoms with E-state index < -0.39 is 41.9 Å². The molecule has 0 aliphatic carbocycles. The third-order valence-corrected chi connectivity index (χ3v) is 2.51. The van der Waals surface area contributed by atoms with Gasteiger partial charge >= 0.3 is 7.32 Å². The van der Waals surface area contributed by atoms with Crippen molar-refractivity contribution in [2.45, 2.75) is 0 Å². The highest BCUT2D eigenvalue weighted by molar-refractivity contribution is 6.33. The topological polar surface area (TPSA) is 49.7 Å². The normalized spacial score (nSPS) is 10.5. The highest BCUT2D eigenvalue weighted by atomic mass is 19.2. The number of rotatable bonds is 3. The van der Waals surface area contributed by atoms with Gasteiger partial charge in [-0.25, -0.2) is 8.78 Å². The molecule has 0 radical (unpaired) electrons. The molecule has 2 N–H and O–H groups in total. The largest absolute Gasteiger partial charge is 0.707 e. The van der Waals surface area contributed by atoms with E-state index in [-0.39, 0.29) is 5.56 Å². The summed E-state index contributed by atoms with van der Waals surface area (Å²) in [6.45, 7) is 0. The predicted octanol–water partition coefficient (Wildman–Crippen LogP) is 2.26. The lowest BCUT2D eigenvalue weighted by Gasteiger charge is -2.12. The zero-order chi connectivity index (χ0) is 14.9. The number of hydrogen-bond donors (Lipinski definition) is 2. The first-order valence-electron chi connectivity index (χ1n) is 5.37. The van der Waals surface area contributed by atoms with Crippen LogP contribution in [0.1, 0.15) is 0 Å². The quantitative estimate of drug-likeness (QED) is 0.517. The van der Waals surface area contributed by atoms with Crippen LogP contribution in [0.15, 0.2) is 30.3 Å². The van der Waals surface area contributed by atoms with E-state index in [0.717, 1.165) is 0 Å². The van der Waals surface area contributed by atoms with Crippen molar-refractivity contribution in [3.05, 3.63) is 53.6 Å². The molecule has 0 bridgehead atoms. The molecule has 104 valence electrons. The van der Waals surface area contributed by atoms with Gasteiger partial charge in [-0.2, -0.15) is 8.78 Å². The Hall–Kier alpha value is -2.06. The number of benzene rings is 2. The highest BCUT2D eigenvalue weighted by Gasteiger charge is 2.29. The Labute approximate surface area is 111 Å². The van der Waals surface area contributed by atoms with Crippen LogP contribution in [-0.4, -0.2) is 17.4 Å². The maximum absolute atomic E-state index is 13.8. The van der Waals surface area contributed by atoms with Crippen molar-refractivity contribution in [2.24, 2.45) is 0 Å². The summed E-state index contributed by atoms with van der Waals surface area (Å²) in [7, 11) is -2.61. The molecule has 20 heavy (non-hydrogen) atoms. The summed E-state index contributed by atoms with van der Waals surface area (Å²) in [6.07, 6.45) is 0. The Morgan fingerprint density at radius 2 is 1.30 bits per heavy atom. The van der Waals surface area contributed by atoms with Crippen molar-refractivity contribution >= 4 is 7.32 Å². The molecule has 0 spiro atoms. The summed E-state index contributed by atoms with van der Waals surface area (Å²) in [5.74, 6) is -8.61. The van der Waals surface area contributed by atoms with Crippen molar-refractivity contribution in [1.29, 1.82) is 0 Å². The zero-order valence-corrected chi connectivity index (χ0v) is 9.78. The van der Waals surface area contributed by atoms with Gasteiger partial charge in [-0.15, -0.1) is 0 Å². The molecule has 8 heteroatoms. The third-order valence-electron chi connectivity index (χ3n) is 2.51. The molecule has 0 heterocycles. The fourth-order valence-electron chi connectivity index (χ4n) is 1.68. The predicted molar refractivity (Wildman–Crippen MR) is 62.5 cm³/mol. The third kappa shape index (κ3) is 2.47. The first kappa shape index (κ1) is 14.4. The van der Waals surface area contributed by atoms with Gasteiger partial charge in [-0.1, -0.05) is 30.3 Å². The summed E-state index contributed by atoms with van der Waals surface area (Å²) in [5.41, 5.74) is -0.975. The van der Waals surface area contributed by atoms with E-state index >= 15 is 0 Å². The Kier molecular flexibility index (Phi) is 3.96. The highest BCUT2D eigenvalue weighted by Crippen LogP contribution is 2.35. The van der Waals surface area contributed by atoms with Gasteiger partial charge in [-0.3, -0.25) is 0 Å². The molecule has 0 fully saturated rings. The summed E-state index contributed by atoms with van der Waals surface area (Å²) in [5, 5.41) is 17.0. The van der Waals surface area contributed by atoms with Gasteiger partial charge in [0, 0.05) is 0 Å². The first-order valence-corrected chi connectivity index (χ1v) is 5.37. The molecule has 0 amide bonds. The lowest BCUT2D eigenvalue weighted by atomic mass is 10.0. The van der Waals surface area contributed by atoms with Crippen molar-refractivity contribution in [3.8, 4) is 16.9 Å². The minimum Gasteiger partial charge on any atom is -0.507 e. The van der Waals surface area contributed by atoms with Gasteiger partial charge in [0.1, 0.15) is 0 Å². The molecule has 2 aromatic carbocycles. The van der Waals surface area contributed by atoms with Crippen molar-refractivity contribution < 1.29 is 32.3 Å². The molecule has 3 nitrogen and oxygen atoms in total. The Balaban J connectivity index is 2.68. The van der Waals surface area contributed by atoms with Gasteiger partial charge in [0.25, 0.3) is 0 Å². The molecule has 0 saturated carbocycles. The minimum absolute atomic E-state index is 0.0728. The molecular formula is C12H7BF4O3. The van der Waals surface area contributed by atoms with Crippen LogP contribution in [-0.2, 0) is 0 Å². The fraction of sp³-hybridized carbons (Fsp3) is 0. The van der Waals surface area contributed by atoms with Crippen LogP contribution < -0.4 is 4.65 Å².